The van der Waals surface area contributed by atoms with Crippen LogP contribution in [0.5, 0.6) is 0 Å². The van der Waals surface area contributed by atoms with Crippen LogP contribution in [0.25, 0.3) is 33.1 Å². The molecule has 3 fully saturated rings. The van der Waals surface area contributed by atoms with Gasteiger partial charge in [0, 0.05) is 12.2 Å². The van der Waals surface area contributed by atoms with E-state index in [0.29, 0.717) is 21.6 Å². The molecular weight excluding hydrogens is 479 g/mol. The number of aromatic amines is 1. The summed E-state index contributed by atoms with van der Waals surface area (Å²) in [5, 5.41) is 15.2. The molecule has 7 rings (SSSR count). The van der Waals surface area contributed by atoms with E-state index in [4.69, 9.17) is 11.6 Å². The Bertz CT molecular complexity index is 1390. The molecule has 0 aliphatic heterocycles. The summed E-state index contributed by atoms with van der Waals surface area (Å²) in [7, 11) is 0. The van der Waals surface area contributed by atoms with Crippen molar-refractivity contribution in [1.29, 1.82) is 0 Å². The van der Waals surface area contributed by atoms with E-state index >= 15 is 4.39 Å². The number of nitrogens with zero attached hydrogens (tertiary/aromatic N) is 4. The van der Waals surface area contributed by atoms with Gasteiger partial charge in [-0.1, -0.05) is 17.7 Å². The molecule has 0 unspecified atom stereocenters. The van der Waals surface area contributed by atoms with Crippen LogP contribution in [0, 0.1) is 23.6 Å². The second kappa shape index (κ2) is 8.28. The first-order valence-electron chi connectivity index (χ1n) is 11.1. The highest BCUT2D eigenvalue weighted by atomic mass is 35.5. The third kappa shape index (κ3) is 3.52. The zero-order valence-electron chi connectivity index (χ0n) is 17.8. The number of nitrogens with one attached hydrogen (secondary N) is 2. The van der Waals surface area contributed by atoms with Crippen molar-refractivity contribution in [3.63, 3.8) is 0 Å². The maximum Gasteiger partial charge on any atom is 0.308 e. The van der Waals surface area contributed by atoms with Gasteiger partial charge in [-0.25, -0.2) is 24.3 Å². The third-order valence-electron chi connectivity index (χ3n) is 7.01. The van der Waals surface area contributed by atoms with E-state index < -0.39 is 23.7 Å². The minimum atomic E-state index is -0.846. The number of hydrogen-bond donors (Lipinski definition) is 3. The fourth-order valence-corrected chi connectivity index (χ4v) is 6.29. The van der Waals surface area contributed by atoms with Crippen LogP contribution in [-0.2, 0) is 4.79 Å². The molecule has 11 heteroatoms. The van der Waals surface area contributed by atoms with Crippen molar-refractivity contribution in [2.24, 2.45) is 17.8 Å². The van der Waals surface area contributed by atoms with Gasteiger partial charge in [-0.2, -0.15) is 0 Å². The van der Waals surface area contributed by atoms with Gasteiger partial charge >= 0.3 is 5.97 Å². The highest BCUT2D eigenvalue weighted by Crippen LogP contribution is 2.47. The van der Waals surface area contributed by atoms with Crippen molar-refractivity contribution < 1.29 is 14.3 Å². The summed E-state index contributed by atoms with van der Waals surface area (Å²) in [6, 6.07) is 3.22. The molecule has 0 spiro atoms. The SMILES string of the molecule is O=C(O)[C@@H]1C2CCC(CC2)[C@H]1Nc1nc(-c2c[nH]c3ncc(Cl)nc23)nc(-c2cccs2)c1F. The van der Waals surface area contributed by atoms with Crippen molar-refractivity contribution in [1.82, 2.24) is 24.9 Å². The van der Waals surface area contributed by atoms with Gasteiger partial charge in [0.05, 0.1) is 22.6 Å². The third-order valence-corrected chi connectivity index (χ3v) is 8.06. The van der Waals surface area contributed by atoms with Gasteiger partial charge in [0.1, 0.15) is 16.4 Å². The van der Waals surface area contributed by atoms with Gasteiger partial charge in [0.15, 0.2) is 23.1 Å². The maximum absolute atomic E-state index is 15.8. The van der Waals surface area contributed by atoms with Crippen molar-refractivity contribution in [2.45, 2.75) is 31.7 Å². The Balaban J connectivity index is 1.49. The lowest BCUT2D eigenvalue weighted by atomic mass is 9.61. The smallest absolute Gasteiger partial charge is 0.308 e. The van der Waals surface area contributed by atoms with Gasteiger partial charge in [0.2, 0.25) is 0 Å². The Morgan fingerprint density at radius 2 is 2.00 bits per heavy atom. The average molecular weight is 499 g/mol. The first-order chi connectivity index (χ1) is 16.5. The molecule has 34 heavy (non-hydrogen) atoms. The van der Waals surface area contributed by atoms with Crippen LogP contribution in [0.3, 0.4) is 0 Å². The number of H-pyrrole nitrogens is 1. The second-order valence-corrected chi connectivity index (χ2v) is 10.2. The number of hydrogen-bond acceptors (Lipinski definition) is 7. The summed E-state index contributed by atoms with van der Waals surface area (Å²) in [6.45, 7) is 0. The number of fused-ring (bicyclic) bond motifs is 4. The Hall–Kier alpha value is -3.11. The van der Waals surface area contributed by atoms with Gasteiger partial charge in [-0.15, -0.1) is 11.3 Å². The Labute approximate surface area is 202 Å². The predicted octanol–water partition coefficient (Wildman–Crippen LogP) is 5.24. The van der Waals surface area contributed by atoms with Crippen LogP contribution in [-0.4, -0.2) is 42.0 Å². The topological polar surface area (TPSA) is 117 Å². The van der Waals surface area contributed by atoms with E-state index in [-0.39, 0.29) is 34.3 Å². The summed E-state index contributed by atoms with van der Waals surface area (Å²) in [4.78, 5) is 33.4. The van der Waals surface area contributed by atoms with Crippen LogP contribution in [0.4, 0.5) is 10.2 Å². The minimum Gasteiger partial charge on any atom is -0.481 e. The molecular formula is C23H20ClFN6O2S. The summed E-state index contributed by atoms with van der Waals surface area (Å²) in [5.41, 5.74) is 1.67. The summed E-state index contributed by atoms with van der Waals surface area (Å²) in [5.74, 6) is -1.51. The van der Waals surface area contributed by atoms with Crippen molar-refractivity contribution in [2.75, 3.05) is 5.32 Å². The van der Waals surface area contributed by atoms with E-state index in [1.165, 1.54) is 17.5 Å². The molecule has 4 aromatic rings. The van der Waals surface area contributed by atoms with Gasteiger partial charge in [-0.05, 0) is 49.0 Å². The normalized spacial score (nSPS) is 23.9. The quantitative estimate of drug-likeness (QED) is 0.344. The summed E-state index contributed by atoms with van der Waals surface area (Å²) in [6.07, 6.45) is 6.75. The molecule has 2 bridgehead atoms. The number of carboxylic acids is 1. The van der Waals surface area contributed by atoms with E-state index in [0.717, 1.165) is 25.7 Å². The molecule has 3 saturated carbocycles. The maximum atomic E-state index is 15.8. The number of carboxylic acid groups (broad SMARTS) is 1. The number of halogens is 2. The first-order valence-corrected chi connectivity index (χ1v) is 12.4. The molecule has 3 aliphatic carbocycles. The van der Waals surface area contributed by atoms with Crippen LogP contribution in [0.2, 0.25) is 5.15 Å². The fourth-order valence-electron chi connectivity index (χ4n) is 5.45. The minimum absolute atomic E-state index is 0.00142. The molecule has 0 radical (unpaired) electrons. The summed E-state index contributed by atoms with van der Waals surface area (Å²) < 4.78 is 15.8. The summed E-state index contributed by atoms with van der Waals surface area (Å²) >= 11 is 7.43. The number of aliphatic carboxylic acids is 1. The first kappa shape index (κ1) is 21.4. The van der Waals surface area contributed by atoms with Gasteiger partial charge in [0.25, 0.3) is 0 Å². The average Bonchev–Trinajstić information content (AvgIpc) is 3.51. The molecule has 8 nitrogen and oxygen atoms in total. The van der Waals surface area contributed by atoms with Gasteiger partial charge in [-0.3, -0.25) is 4.79 Å². The van der Waals surface area contributed by atoms with Crippen LogP contribution in [0.15, 0.2) is 29.9 Å². The van der Waals surface area contributed by atoms with Crippen molar-refractivity contribution >= 4 is 45.9 Å². The fraction of sp³-hybridized carbons (Fsp3) is 0.348. The van der Waals surface area contributed by atoms with E-state index in [2.05, 4.69) is 30.2 Å². The Morgan fingerprint density at radius 3 is 2.74 bits per heavy atom. The molecule has 3 aliphatic rings. The highest BCUT2D eigenvalue weighted by Gasteiger charge is 2.47. The molecule has 174 valence electrons. The Kier molecular flexibility index (Phi) is 5.22. The molecule has 3 N–H and O–H groups in total. The molecule has 0 amide bonds. The zero-order valence-corrected chi connectivity index (χ0v) is 19.4. The van der Waals surface area contributed by atoms with E-state index in [1.807, 2.05) is 11.4 Å². The molecule has 4 heterocycles. The lowest BCUT2D eigenvalue weighted by molar-refractivity contribution is -0.148. The van der Waals surface area contributed by atoms with E-state index in [9.17, 15) is 9.90 Å². The molecule has 0 saturated heterocycles. The molecule has 2 atom stereocenters. The zero-order chi connectivity index (χ0) is 23.4. The van der Waals surface area contributed by atoms with Crippen molar-refractivity contribution in [3.05, 3.63) is 40.9 Å². The van der Waals surface area contributed by atoms with Crippen LogP contribution in [0.1, 0.15) is 25.7 Å². The number of aromatic nitrogens is 5. The number of carbonyl (C=O) groups is 1. The molecule has 0 aromatic carbocycles. The molecule has 4 aromatic heterocycles. The standard InChI is InChI=1S/C23H20ClFN6O2S/c24-14-9-27-22-18(28-14)12(8-26-22)20-30-19(13-2-1-7-34-13)16(25)21(31-20)29-17-11-5-3-10(4-6-11)15(17)23(32)33/h1-2,7-11,15,17H,3-6H2,(H,26,27)(H,32,33)(H,29,30,31)/t10?,11?,15-,17-/m1/s1. The second-order valence-electron chi connectivity index (χ2n) is 8.84. The van der Waals surface area contributed by atoms with E-state index in [1.54, 1.807) is 12.3 Å². The van der Waals surface area contributed by atoms with Crippen LogP contribution < -0.4 is 5.32 Å². The monoisotopic (exact) mass is 498 g/mol. The predicted molar refractivity (Wildman–Crippen MR) is 127 cm³/mol. The lowest BCUT2D eigenvalue weighted by Gasteiger charge is -2.47. The highest BCUT2D eigenvalue weighted by molar-refractivity contribution is 7.13. The number of rotatable bonds is 5. The number of thiophene rings is 1. The Morgan fingerprint density at radius 1 is 1.21 bits per heavy atom. The van der Waals surface area contributed by atoms with Crippen molar-refractivity contribution in [3.8, 4) is 22.0 Å². The lowest BCUT2D eigenvalue weighted by Crippen LogP contribution is -2.51. The number of anilines is 1. The van der Waals surface area contributed by atoms with Crippen LogP contribution >= 0.6 is 22.9 Å². The van der Waals surface area contributed by atoms with Gasteiger partial charge < -0.3 is 15.4 Å². The largest absolute Gasteiger partial charge is 0.481 e.